The molecule has 1 aliphatic heterocycles. The molecule has 0 unspecified atom stereocenters. The fraction of sp³-hybridized carbons (Fsp3) is 0.263. The molecule has 0 saturated carbocycles. The minimum Gasteiger partial charge on any atom is -0.368 e. The SMILES string of the molecule is O=C(Cc1csc(-c2cccs2)n1)N1CCN(c2cccc(Cl)c2)CC1. The van der Waals surface area contributed by atoms with E-state index in [2.05, 4.69) is 22.0 Å². The van der Waals surface area contributed by atoms with Crippen molar-refractivity contribution in [2.24, 2.45) is 0 Å². The van der Waals surface area contributed by atoms with Crippen LogP contribution >= 0.6 is 34.3 Å². The molecule has 1 amide bonds. The molecule has 0 spiro atoms. The Hall–Kier alpha value is -1.89. The van der Waals surface area contributed by atoms with Crippen LogP contribution in [0.2, 0.25) is 5.02 Å². The predicted molar refractivity (Wildman–Crippen MR) is 109 cm³/mol. The highest BCUT2D eigenvalue weighted by Gasteiger charge is 2.22. The van der Waals surface area contributed by atoms with Crippen LogP contribution in [0.1, 0.15) is 5.69 Å². The number of rotatable bonds is 4. The highest BCUT2D eigenvalue weighted by atomic mass is 35.5. The Balaban J connectivity index is 1.34. The van der Waals surface area contributed by atoms with Gasteiger partial charge >= 0.3 is 0 Å². The lowest BCUT2D eigenvalue weighted by molar-refractivity contribution is -0.130. The number of benzene rings is 1. The fourth-order valence-electron chi connectivity index (χ4n) is 3.06. The number of nitrogens with zero attached hydrogens (tertiary/aromatic N) is 3. The van der Waals surface area contributed by atoms with Crippen molar-refractivity contribution >= 4 is 45.9 Å². The summed E-state index contributed by atoms with van der Waals surface area (Å²) in [5, 5.41) is 5.77. The number of amides is 1. The summed E-state index contributed by atoms with van der Waals surface area (Å²) in [4.78, 5) is 22.6. The summed E-state index contributed by atoms with van der Waals surface area (Å²) in [5.74, 6) is 0.152. The van der Waals surface area contributed by atoms with Gasteiger partial charge in [0.1, 0.15) is 5.01 Å². The number of halogens is 1. The van der Waals surface area contributed by atoms with E-state index in [-0.39, 0.29) is 5.91 Å². The van der Waals surface area contributed by atoms with Crippen LogP contribution in [0.5, 0.6) is 0 Å². The van der Waals surface area contributed by atoms with Crippen LogP contribution in [0.25, 0.3) is 9.88 Å². The van der Waals surface area contributed by atoms with Crippen molar-refractivity contribution < 1.29 is 4.79 Å². The normalized spacial score (nSPS) is 14.7. The van der Waals surface area contributed by atoms with Crippen molar-refractivity contribution in [3.63, 3.8) is 0 Å². The Bertz CT molecular complexity index is 886. The summed E-state index contributed by atoms with van der Waals surface area (Å²) in [6, 6.07) is 12.0. The summed E-state index contributed by atoms with van der Waals surface area (Å²) in [6.07, 6.45) is 0.374. The second-order valence-corrected chi connectivity index (χ2v) is 8.39. The van der Waals surface area contributed by atoms with Gasteiger partial charge in [-0.1, -0.05) is 23.7 Å². The Morgan fingerprint density at radius 2 is 1.96 bits per heavy atom. The van der Waals surface area contributed by atoms with Gasteiger partial charge in [0.25, 0.3) is 0 Å². The maximum atomic E-state index is 12.6. The van der Waals surface area contributed by atoms with E-state index in [0.717, 1.165) is 52.5 Å². The van der Waals surface area contributed by atoms with E-state index in [1.165, 1.54) is 0 Å². The first-order chi connectivity index (χ1) is 12.7. The highest BCUT2D eigenvalue weighted by molar-refractivity contribution is 7.20. The third-order valence-corrected chi connectivity index (χ3v) is 6.59. The first-order valence-corrected chi connectivity index (χ1v) is 10.6. The van der Waals surface area contributed by atoms with Gasteiger partial charge in [0, 0.05) is 42.3 Å². The Labute approximate surface area is 165 Å². The summed E-state index contributed by atoms with van der Waals surface area (Å²) < 4.78 is 0. The van der Waals surface area contributed by atoms with Gasteiger partial charge in [-0.05, 0) is 29.6 Å². The molecule has 1 fully saturated rings. The van der Waals surface area contributed by atoms with Crippen LogP contribution < -0.4 is 4.90 Å². The maximum absolute atomic E-state index is 12.6. The molecule has 1 aromatic carbocycles. The minimum absolute atomic E-state index is 0.152. The third kappa shape index (κ3) is 3.92. The van der Waals surface area contributed by atoms with Gasteiger partial charge in [0.2, 0.25) is 5.91 Å². The average molecular weight is 404 g/mol. The van der Waals surface area contributed by atoms with Gasteiger partial charge in [-0.2, -0.15) is 0 Å². The molecule has 26 heavy (non-hydrogen) atoms. The Morgan fingerprint density at radius 3 is 2.69 bits per heavy atom. The summed E-state index contributed by atoms with van der Waals surface area (Å²) >= 11 is 9.35. The lowest BCUT2D eigenvalue weighted by Crippen LogP contribution is -2.49. The monoisotopic (exact) mass is 403 g/mol. The predicted octanol–water partition coefficient (Wildman–Crippen LogP) is 4.42. The second kappa shape index (κ2) is 7.78. The lowest BCUT2D eigenvalue weighted by Gasteiger charge is -2.36. The first kappa shape index (κ1) is 17.5. The van der Waals surface area contributed by atoms with E-state index in [0.29, 0.717) is 6.42 Å². The number of thiophene rings is 1. The number of thiazole rings is 1. The van der Waals surface area contributed by atoms with Gasteiger partial charge in [0.05, 0.1) is 17.0 Å². The summed E-state index contributed by atoms with van der Waals surface area (Å²) in [5.41, 5.74) is 1.98. The van der Waals surface area contributed by atoms with Gasteiger partial charge in [0.15, 0.2) is 0 Å². The standard InChI is InChI=1S/C19H18ClN3OS2/c20-14-3-1-4-16(11-14)22-6-8-23(9-7-22)18(24)12-15-13-26-19(21-15)17-5-2-10-25-17/h1-5,10-11,13H,6-9,12H2. The average Bonchev–Trinajstić information content (AvgIpc) is 3.33. The first-order valence-electron chi connectivity index (χ1n) is 8.45. The van der Waals surface area contributed by atoms with E-state index in [1.807, 2.05) is 39.9 Å². The molecule has 1 saturated heterocycles. The number of carbonyl (C=O) groups is 1. The zero-order valence-corrected chi connectivity index (χ0v) is 16.5. The quantitative estimate of drug-likeness (QED) is 0.647. The Kier molecular flexibility index (Phi) is 5.24. The van der Waals surface area contributed by atoms with Crippen molar-refractivity contribution in [1.82, 2.24) is 9.88 Å². The summed E-state index contributed by atoms with van der Waals surface area (Å²) in [7, 11) is 0. The zero-order valence-electron chi connectivity index (χ0n) is 14.1. The van der Waals surface area contributed by atoms with Crippen LogP contribution in [0.3, 0.4) is 0 Å². The summed E-state index contributed by atoms with van der Waals surface area (Å²) in [6.45, 7) is 3.10. The van der Waals surface area contributed by atoms with Crippen molar-refractivity contribution in [2.45, 2.75) is 6.42 Å². The molecule has 0 bridgehead atoms. The molecular formula is C19H18ClN3OS2. The smallest absolute Gasteiger partial charge is 0.228 e. The number of anilines is 1. The molecule has 4 nitrogen and oxygen atoms in total. The second-order valence-electron chi connectivity index (χ2n) is 6.15. The number of carbonyl (C=O) groups excluding carboxylic acids is 1. The minimum atomic E-state index is 0.152. The van der Waals surface area contributed by atoms with E-state index >= 15 is 0 Å². The topological polar surface area (TPSA) is 36.4 Å². The van der Waals surface area contributed by atoms with Crippen molar-refractivity contribution in [3.05, 3.63) is 57.9 Å². The molecule has 134 valence electrons. The van der Waals surface area contributed by atoms with Gasteiger partial charge in [-0.25, -0.2) is 4.98 Å². The molecule has 3 aromatic rings. The van der Waals surface area contributed by atoms with Crippen LogP contribution in [0.4, 0.5) is 5.69 Å². The van der Waals surface area contributed by atoms with E-state index in [9.17, 15) is 4.79 Å². The molecule has 4 rings (SSSR count). The number of aromatic nitrogens is 1. The number of piperazine rings is 1. The third-order valence-electron chi connectivity index (χ3n) is 4.42. The zero-order chi connectivity index (χ0) is 17.9. The molecule has 2 aromatic heterocycles. The molecular weight excluding hydrogens is 386 g/mol. The van der Waals surface area contributed by atoms with Crippen molar-refractivity contribution in [2.75, 3.05) is 31.1 Å². The van der Waals surface area contributed by atoms with Crippen LogP contribution in [-0.4, -0.2) is 42.0 Å². The molecule has 3 heterocycles. The largest absolute Gasteiger partial charge is 0.368 e. The molecule has 0 aliphatic carbocycles. The van der Waals surface area contributed by atoms with Crippen LogP contribution in [0, 0.1) is 0 Å². The molecule has 0 radical (unpaired) electrons. The van der Waals surface area contributed by atoms with Crippen molar-refractivity contribution in [1.29, 1.82) is 0 Å². The molecule has 1 aliphatic rings. The van der Waals surface area contributed by atoms with E-state index < -0.39 is 0 Å². The maximum Gasteiger partial charge on any atom is 0.228 e. The molecule has 0 atom stereocenters. The van der Waals surface area contributed by atoms with Gasteiger partial charge < -0.3 is 9.80 Å². The van der Waals surface area contributed by atoms with Crippen LogP contribution in [-0.2, 0) is 11.2 Å². The number of hydrogen-bond acceptors (Lipinski definition) is 5. The molecule has 7 heteroatoms. The van der Waals surface area contributed by atoms with Gasteiger partial charge in [-0.3, -0.25) is 4.79 Å². The fourth-order valence-corrected chi connectivity index (χ4v) is 4.87. The van der Waals surface area contributed by atoms with Crippen LogP contribution in [0.15, 0.2) is 47.2 Å². The number of hydrogen-bond donors (Lipinski definition) is 0. The lowest BCUT2D eigenvalue weighted by atomic mass is 10.2. The van der Waals surface area contributed by atoms with E-state index in [1.54, 1.807) is 22.7 Å². The van der Waals surface area contributed by atoms with E-state index in [4.69, 9.17) is 11.6 Å². The Morgan fingerprint density at radius 1 is 1.12 bits per heavy atom. The van der Waals surface area contributed by atoms with Crippen molar-refractivity contribution in [3.8, 4) is 9.88 Å². The van der Waals surface area contributed by atoms with Gasteiger partial charge in [-0.15, -0.1) is 22.7 Å². The molecule has 0 N–H and O–H groups in total. The highest BCUT2D eigenvalue weighted by Crippen LogP contribution is 2.28.